The minimum atomic E-state index is 1.15. The smallest absolute Gasteiger partial charge is 0.0640 e. The Balaban J connectivity index is 1.25. The third kappa shape index (κ3) is 3.95. The minimum Gasteiger partial charge on any atom is -0.310 e. The number of hydrogen-bond acceptors (Lipinski definition) is 1. The number of para-hydroxylation sites is 2. The number of benzene rings is 6. The highest BCUT2D eigenvalue weighted by molar-refractivity contribution is 7.26. The van der Waals surface area contributed by atoms with Crippen molar-refractivity contribution in [3.8, 4) is 22.5 Å². The van der Waals surface area contributed by atoms with Crippen LogP contribution in [0.25, 0.3) is 81.5 Å². The standard InChI is InChI=1S/C43H30N2S/c1-3-4-18-37-28(2)35-26-29(22-24-39(35)44(37)31-13-6-5-7-14-31)30-23-25-40-36(27-30)32-15-8-10-19-38(32)45(40)41-20-12-17-34-33-16-9-11-21-42(33)46-43(34)41/h3-27H,1H2,2H3/b18-4-. The molecule has 0 unspecified atom stereocenters. The van der Waals surface area contributed by atoms with Crippen LogP contribution in [0.4, 0.5) is 0 Å². The Morgan fingerprint density at radius 1 is 0.565 bits per heavy atom. The number of thiophene rings is 1. The van der Waals surface area contributed by atoms with Crippen LogP contribution in [0.3, 0.4) is 0 Å². The summed E-state index contributed by atoms with van der Waals surface area (Å²) in [4.78, 5) is 0. The van der Waals surface area contributed by atoms with Crippen LogP contribution in [0.5, 0.6) is 0 Å². The molecular weight excluding hydrogens is 577 g/mol. The molecule has 6 aromatic carbocycles. The minimum absolute atomic E-state index is 1.15. The van der Waals surface area contributed by atoms with E-state index in [9.17, 15) is 0 Å². The number of hydrogen-bond donors (Lipinski definition) is 0. The van der Waals surface area contributed by atoms with Gasteiger partial charge in [0.2, 0.25) is 0 Å². The SMILES string of the molecule is C=C/C=C\c1c(C)c2cc(-c3ccc4c(c3)c3ccccc3n4-c3cccc4c3sc3ccccc34)ccc2n1-c1ccccc1. The molecule has 0 bridgehead atoms. The zero-order valence-electron chi connectivity index (χ0n) is 25.4. The van der Waals surface area contributed by atoms with E-state index < -0.39 is 0 Å². The Morgan fingerprint density at radius 3 is 2.02 bits per heavy atom. The summed E-state index contributed by atoms with van der Waals surface area (Å²) in [6.45, 7) is 6.13. The normalized spacial score (nSPS) is 12.0. The second kappa shape index (κ2) is 10.5. The van der Waals surface area contributed by atoms with Gasteiger partial charge in [-0.25, -0.2) is 0 Å². The average Bonchev–Trinajstić information content (AvgIpc) is 3.74. The molecule has 0 aliphatic heterocycles. The molecule has 0 spiro atoms. The van der Waals surface area contributed by atoms with Crippen LogP contribution in [-0.4, -0.2) is 9.13 Å². The van der Waals surface area contributed by atoms with Gasteiger partial charge in [-0.3, -0.25) is 0 Å². The van der Waals surface area contributed by atoms with Crippen molar-refractivity contribution < 1.29 is 0 Å². The van der Waals surface area contributed by atoms with Crippen molar-refractivity contribution in [1.29, 1.82) is 0 Å². The first-order chi connectivity index (χ1) is 22.7. The molecule has 0 aliphatic carbocycles. The van der Waals surface area contributed by atoms with Crippen LogP contribution in [0.1, 0.15) is 11.3 Å². The van der Waals surface area contributed by atoms with Crippen molar-refractivity contribution in [3.05, 3.63) is 163 Å². The summed E-state index contributed by atoms with van der Waals surface area (Å²) in [5, 5.41) is 6.42. The quantitative estimate of drug-likeness (QED) is 0.173. The number of aromatic nitrogens is 2. The van der Waals surface area contributed by atoms with Crippen LogP contribution in [0.15, 0.2) is 152 Å². The molecule has 2 nitrogen and oxygen atoms in total. The molecule has 3 heteroatoms. The molecule has 0 aliphatic rings. The Kier molecular flexibility index (Phi) is 6.09. The van der Waals surface area contributed by atoms with Crippen LogP contribution >= 0.6 is 11.3 Å². The molecule has 3 aromatic heterocycles. The van der Waals surface area contributed by atoms with E-state index in [0.717, 1.165) is 5.69 Å². The van der Waals surface area contributed by atoms with Crippen LogP contribution in [-0.2, 0) is 0 Å². The average molecular weight is 607 g/mol. The third-order valence-electron chi connectivity index (χ3n) is 9.30. The van der Waals surface area contributed by atoms with Crippen molar-refractivity contribution >= 4 is 70.3 Å². The summed E-state index contributed by atoms with van der Waals surface area (Å²) in [6.07, 6.45) is 6.02. The molecule has 0 saturated heterocycles. The van der Waals surface area contributed by atoms with Crippen molar-refractivity contribution in [1.82, 2.24) is 9.13 Å². The van der Waals surface area contributed by atoms with Gasteiger partial charge in [-0.1, -0.05) is 97.6 Å². The zero-order chi connectivity index (χ0) is 30.8. The van der Waals surface area contributed by atoms with E-state index in [0.29, 0.717) is 0 Å². The molecular formula is C43H30N2S. The van der Waals surface area contributed by atoms with Crippen molar-refractivity contribution in [2.75, 3.05) is 0 Å². The van der Waals surface area contributed by atoms with E-state index in [1.807, 2.05) is 23.5 Å². The molecule has 0 amide bonds. The fraction of sp³-hybridized carbons (Fsp3) is 0.0233. The molecule has 218 valence electrons. The largest absolute Gasteiger partial charge is 0.310 e. The van der Waals surface area contributed by atoms with Crippen LogP contribution < -0.4 is 0 Å². The molecule has 0 N–H and O–H groups in total. The first-order valence-corrected chi connectivity index (χ1v) is 16.5. The molecule has 9 rings (SSSR count). The van der Waals surface area contributed by atoms with Gasteiger partial charge in [-0.2, -0.15) is 0 Å². The van der Waals surface area contributed by atoms with Crippen LogP contribution in [0.2, 0.25) is 0 Å². The number of nitrogens with zero attached hydrogens (tertiary/aromatic N) is 2. The lowest BCUT2D eigenvalue weighted by atomic mass is 10.0. The second-order valence-corrected chi connectivity index (χ2v) is 12.9. The van der Waals surface area contributed by atoms with Crippen molar-refractivity contribution in [2.24, 2.45) is 0 Å². The van der Waals surface area contributed by atoms with Gasteiger partial charge < -0.3 is 9.13 Å². The van der Waals surface area contributed by atoms with Gasteiger partial charge in [-0.05, 0) is 84.3 Å². The van der Waals surface area contributed by atoms with Gasteiger partial charge in [0.05, 0.1) is 26.9 Å². The van der Waals surface area contributed by atoms with Gasteiger partial charge in [0.25, 0.3) is 0 Å². The van der Waals surface area contributed by atoms with E-state index in [1.165, 1.54) is 81.0 Å². The number of aryl methyl sites for hydroxylation is 1. The van der Waals surface area contributed by atoms with Gasteiger partial charge >= 0.3 is 0 Å². The highest BCUT2D eigenvalue weighted by Gasteiger charge is 2.18. The summed E-state index contributed by atoms with van der Waals surface area (Å²) in [7, 11) is 0. The van der Waals surface area contributed by atoms with E-state index in [1.54, 1.807) is 0 Å². The lowest BCUT2D eigenvalue weighted by Gasteiger charge is -2.10. The lowest BCUT2D eigenvalue weighted by Crippen LogP contribution is -1.96. The first-order valence-electron chi connectivity index (χ1n) is 15.6. The Bertz CT molecular complexity index is 2660. The fourth-order valence-corrected chi connectivity index (χ4v) is 8.39. The Hall–Kier alpha value is -5.64. The third-order valence-corrected chi connectivity index (χ3v) is 10.5. The molecule has 9 aromatic rings. The zero-order valence-corrected chi connectivity index (χ0v) is 26.3. The van der Waals surface area contributed by atoms with E-state index >= 15 is 0 Å². The summed E-state index contributed by atoms with van der Waals surface area (Å²) in [6, 6.07) is 48.7. The predicted molar refractivity (Wildman–Crippen MR) is 200 cm³/mol. The van der Waals surface area contributed by atoms with E-state index in [2.05, 4.69) is 162 Å². The molecule has 0 fully saturated rings. The summed E-state index contributed by atoms with van der Waals surface area (Å²) in [5.74, 6) is 0. The molecule has 46 heavy (non-hydrogen) atoms. The van der Waals surface area contributed by atoms with Gasteiger partial charge in [0.15, 0.2) is 0 Å². The lowest BCUT2D eigenvalue weighted by molar-refractivity contribution is 1.10. The number of rotatable bonds is 5. The molecule has 0 saturated carbocycles. The summed E-state index contributed by atoms with van der Waals surface area (Å²) < 4.78 is 7.45. The molecule has 0 radical (unpaired) electrons. The number of fused-ring (bicyclic) bond motifs is 7. The van der Waals surface area contributed by atoms with Crippen LogP contribution in [0, 0.1) is 6.92 Å². The Labute approximate surface area is 271 Å². The van der Waals surface area contributed by atoms with Gasteiger partial charge in [0.1, 0.15) is 0 Å². The topological polar surface area (TPSA) is 9.86 Å². The maximum Gasteiger partial charge on any atom is 0.0640 e. The summed E-state index contributed by atoms with van der Waals surface area (Å²) in [5.41, 5.74) is 10.9. The second-order valence-electron chi connectivity index (χ2n) is 11.8. The highest BCUT2D eigenvalue weighted by Crippen LogP contribution is 2.42. The first kappa shape index (κ1) is 26.7. The van der Waals surface area contributed by atoms with Crippen molar-refractivity contribution in [2.45, 2.75) is 6.92 Å². The maximum absolute atomic E-state index is 3.91. The Morgan fingerprint density at radius 2 is 1.22 bits per heavy atom. The number of allylic oxidation sites excluding steroid dienone is 2. The van der Waals surface area contributed by atoms with Gasteiger partial charge in [-0.15, -0.1) is 11.3 Å². The van der Waals surface area contributed by atoms with E-state index in [-0.39, 0.29) is 0 Å². The molecule has 0 atom stereocenters. The summed E-state index contributed by atoms with van der Waals surface area (Å²) >= 11 is 1.88. The maximum atomic E-state index is 3.91. The monoisotopic (exact) mass is 606 g/mol. The van der Waals surface area contributed by atoms with Gasteiger partial charge in [0, 0.05) is 43.0 Å². The van der Waals surface area contributed by atoms with E-state index in [4.69, 9.17) is 0 Å². The highest BCUT2D eigenvalue weighted by atomic mass is 32.1. The predicted octanol–water partition coefficient (Wildman–Crippen LogP) is 12.3. The fourth-order valence-electron chi connectivity index (χ4n) is 7.18. The van der Waals surface area contributed by atoms with Crippen molar-refractivity contribution in [3.63, 3.8) is 0 Å². The molecule has 3 heterocycles.